The highest BCUT2D eigenvalue weighted by atomic mass is 32.2. The summed E-state index contributed by atoms with van der Waals surface area (Å²) in [7, 11) is -2.66. The second kappa shape index (κ2) is 8.52. The van der Waals surface area contributed by atoms with Gasteiger partial charge in [0.2, 0.25) is 10.9 Å². The van der Waals surface area contributed by atoms with Gasteiger partial charge >= 0.3 is 0 Å². The molecule has 1 N–H and O–H groups in total. The summed E-state index contributed by atoms with van der Waals surface area (Å²) in [6.45, 7) is 3.83. The summed E-state index contributed by atoms with van der Waals surface area (Å²) in [6.07, 6.45) is 1.46. The minimum atomic E-state index is -2.66. The second-order valence-corrected chi connectivity index (χ2v) is 8.79. The third-order valence-corrected chi connectivity index (χ3v) is 6.20. The van der Waals surface area contributed by atoms with Crippen LogP contribution in [0.5, 0.6) is 5.75 Å². The van der Waals surface area contributed by atoms with Crippen molar-refractivity contribution < 1.29 is 13.2 Å². The van der Waals surface area contributed by atoms with Crippen LogP contribution in [-0.2, 0) is 17.3 Å². The molecule has 30 heavy (non-hydrogen) atoms. The van der Waals surface area contributed by atoms with E-state index in [2.05, 4.69) is 15.2 Å². The largest absolute Gasteiger partial charge is 0.490 e. The van der Waals surface area contributed by atoms with Crippen molar-refractivity contribution in [3.63, 3.8) is 0 Å². The fourth-order valence-corrected chi connectivity index (χ4v) is 4.88. The highest BCUT2D eigenvalue weighted by Gasteiger charge is 2.26. The van der Waals surface area contributed by atoms with Crippen LogP contribution in [0.3, 0.4) is 0 Å². The van der Waals surface area contributed by atoms with Crippen LogP contribution in [0, 0.1) is 11.3 Å². The van der Waals surface area contributed by atoms with Gasteiger partial charge < -0.3 is 4.74 Å². The highest BCUT2D eigenvalue weighted by Crippen LogP contribution is 2.38. The molecular weight excluding hydrogens is 420 g/mol. The van der Waals surface area contributed by atoms with Crippen molar-refractivity contribution in [3.8, 4) is 33.8 Å². The molecule has 1 atom stereocenters. The zero-order chi connectivity index (χ0) is 21.3. The van der Waals surface area contributed by atoms with Crippen molar-refractivity contribution in [2.75, 3.05) is 0 Å². The van der Waals surface area contributed by atoms with Crippen LogP contribution in [0.1, 0.15) is 43.0 Å². The van der Waals surface area contributed by atoms with Crippen molar-refractivity contribution >= 4 is 22.4 Å². The number of hydrogen-bond donors (Lipinski definition) is 2. The molecule has 2 aromatic carbocycles. The van der Waals surface area contributed by atoms with Gasteiger partial charge in [0.05, 0.1) is 11.7 Å². The Labute approximate surface area is 180 Å². The second-order valence-electron chi connectivity index (χ2n) is 7.26. The smallest absolute Gasteiger partial charge is 0.201 e. The van der Waals surface area contributed by atoms with Crippen LogP contribution in [0.4, 0.5) is 0 Å². The SMILES string of the molecule is CC(C)Oc1ccc(-c2nc(-c3cccc4c3CCC4N[SH](=O)=O)ns2)cc1C#N. The first-order chi connectivity index (χ1) is 14.5. The number of fused-ring (bicyclic) bond motifs is 1. The molecule has 9 heteroatoms. The van der Waals surface area contributed by atoms with E-state index < -0.39 is 10.9 Å². The minimum absolute atomic E-state index is 0.0191. The number of benzene rings is 2. The molecule has 154 valence electrons. The topological polar surface area (TPSA) is 105 Å². The highest BCUT2D eigenvalue weighted by molar-refractivity contribution is 7.70. The fraction of sp³-hybridized carbons (Fsp3) is 0.286. The van der Waals surface area contributed by atoms with Crippen LogP contribution in [0.15, 0.2) is 36.4 Å². The van der Waals surface area contributed by atoms with E-state index in [0.29, 0.717) is 22.1 Å². The Morgan fingerprint density at radius 2 is 2.13 bits per heavy atom. The molecule has 1 aromatic heterocycles. The standard InChI is InChI=1S/C21H20N4O3S2/c1-12(2)28-19-9-6-13(10-14(19)11-22)21-23-20(24-29-21)17-5-3-4-16-15(17)7-8-18(16)25-30(26)27/h3-6,9-10,12,18,30H,7-8H2,1-2H3,(H,25,26,27). The van der Waals surface area contributed by atoms with E-state index >= 15 is 0 Å². The van der Waals surface area contributed by atoms with Gasteiger partial charge in [-0.1, -0.05) is 18.2 Å². The summed E-state index contributed by atoms with van der Waals surface area (Å²) in [5.41, 5.74) is 4.24. The molecule has 0 saturated heterocycles. The molecule has 1 unspecified atom stereocenters. The van der Waals surface area contributed by atoms with Crippen molar-refractivity contribution in [1.29, 1.82) is 5.26 Å². The summed E-state index contributed by atoms with van der Waals surface area (Å²) in [5, 5.41) is 10.2. The predicted molar refractivity (Wildman–Crippen MR) is 116 cm³/mol. The maximum Gasteiger partial charge on any atom is 0.201 e. The lowest BCUT2D eigenvalue weighted by Crippen LogP contribution is -2.16. The van der Waals surface area contributed by atoms with Crippen LogP contribution in [0.2, 0.25) is 0 Å². The Kier molecular flexibility index (Phi) is 5.81. The molecule has 1 aliphatic rings. The maximum atomic E-state index is 11.1. The van der Waals surface area contributed by atoms with E-state index in [4.69, 9.17) is 9.72 Å². The third kappa shape index (κ3) is 4.07. The van der Waals surface area contributed by atoms with Gasteiger partial charge in [-0.3, -0.25) is 0 Å². The zero-order valence-electron chi connectivity index (χ0n) is 16.5. The number of nitrogens with one attached hydrogen (secondary N) is 1. The Bertz CT molecular complexity index is 1200. The summed E-state index contributed by atoms with van der Waals surface area (Å²) in [4.78, 5) is 4.70. The van der Waals surface area contributed by atoms with Gasteiger partial charge in [0, 0.05) is 17.2 Å². The quantitative estimate of drug-likeness (QED) is 0.567. The molecule has 0 amide bonds. The number of nitrogens with zero attached hydrogens (tertiary/aromatic N) is 3. The predicted octanol–water partition coefficient (Wildman–Crippen LogP) is 3.63. The molecule has 1 heterocycles. The number of rotatable bonds is 6. The molecule has 3 aromatic rings. The Morgan fingerprint density at radius 1 is 1.30 bits per heavy atom. The summed E-state index contributed by atoms with van der Waals surface area (Å²) >= 11 is 1.27. The Morgan fingerprint density at radius 3 is 2.87 bits per heavy atom. The maximum absolute atomic E-state index is 11.1. The van der Waals surface area contributed by atoms with Crippen LogP contribution in [-0.4, -0.2) is 23.9 Å². The lowest BCUT2D eigenvalue weighted by molar-refractivity contribution is 0.242. The number of ether oxygens (including phenoxy) is 1. The van der Waals surface area contributed by atoms with E-state index in [9.17, 15) is 13.7 Å². The van der Waals surface area contributed by atoms with Crippen LogP contribution >= 0.6 is 11.5 Å². The van der Waals surface area contributed by atoms with Crippen LogP contribution < -0.4 is 9.46 Å². The average Bonchev–Trinajstić information content (AvgIpc) is 3.35. The van der Waals surface area contributed by atoms with Gasteiger partial charge in [0.25, 0.3) is 0 Å². The van der Waals surface area contributed by atoms with Gasteiger partial charge in [0.15, 0.2) is 5.82 Å². The number of nitriles is 1. The first kappa shape index (κ1) is 20.5. The molecule has 7 nitrogen and oxygen atoms in total. The van der Waals surface area contributed by atoms with Gasteiger partial charge in [-0.15, -0.1) is 0 Å². The van der Waals surface area contributed by atoms with Gasteiger partial charge in [-0.25, -0.2) is 18.1 Å². The summed E-state index contributed by atoms with van der Waals surface area (Å²) < 4.78 is 35.0. The minimum Gasteiger partial charge on any atom is -0.490 e. The first-order valence-corrected chi connectivity index (χ1v) is 11.5. The van der Waals surface area contributed by atoms with Gasteiger partial charge in [0.1, 0.15) is 16.8 Å². The molecular formula is C21H20N4O3S2. The molecule has 1 aliphatic carbocycles. The van der Waals surface area contributed by atoms with Crippen molar-refractivity contribution in [3.05, 3.63) is 53.1 Å². The van der Waals surface area contributed by atoms with Gasteiger partial charge in [-0.2, -0.15) is 9.64 Å². The molecule has 4 rings (SSSR count). The van der Waals surface area contributed by atoms with Crippen molar-refractivity contribution in [1.82, 2.24) is 14.1 Å². The zero-order valence-corrected chi connectivity index (χ0v) is 18.2. The fourth-order valence-electron chi connectivity index (χ4n) is 3.68. The lowest BCUT2D eigenvalue weighted by Gasteiger charge is -2.11. The molecule has 0 saturated carbocycles. The monoisotopic (exact) mass is 440 g/mol. The average molecular weight is 441 g/mol. The van der Waals surface area contributed by atoms with E-state index in [1.165, 1.54) is 11.5 Å². The summed E-state index contributed by atoms with van der Waals surface area (Å²) in [5.74, 6) is 1.16. The number of aromatic nitrogens is 2. The van der Waals surface area contributed by atoms with Crippen molar-refractivity contribution in [2.45, 2.75) is 38.8 Å². The van der Waals surface area contributed by atoms with E-state index in [1.807, 2.05) is 38.1 Å². The van der Waals surface area contributed by atoms with Crippen LogP contribution in [0.25, 0.3) is 22.0 Å². The van der Waals surface area contributed by atoms with E-state index in [0.717, 1.165) is 35.1 Å². The number of thiol groups is 1. The van der Waals surface area contributed by atoms with Crippen molar-refractivity contribution in [2.24, 2.45) is 0 Å². The molecule has 0 bridgehead atoms. The Balaban J connectivity index is 1.66. The summed E-state index contributed by atoms with van der Waals surface area (Å²) in [6, 6.07) is 13.2. The molecule has 0 radical (unpaired) electrons. The molecule has 0 aliphatic heterocycles. The lowest BCUT2D eigenvalue weighted by atomic mass is 10.0. The Hall–Kier alpha value is -2.80. The molecule has 0 fully saturated rings. The third-order valence-electron chi connectivity index (χ3n) is 4.91. The van der Waals surface area contributed by atoms with Gasteiger partial charge in [-0.05, 0) is 67.5 Å². The number of hydrogen-bond acceptors (Lipinski definition) is 7. The van der Waals surface area contributed by atoms with E-state index in [-0.39, 0.29) is 12.1 Å². The first-order valence-electron chi connectivity index (χ1n) is 9.54. The molecule has 0 spiro atoms. The van der Waals surface area contributed by atoms with E-state index in [1.54, 1.807) is 12.1 Å². The normalized spacial score (nSPS) is 15.4.